The predicted molar refractivity (Wildman–Crippen MR) is 408 cm³/mol. The summed E-state index contributed by atoms with van der Waals surface area (Å²) in [5.74, 6) is 0. The molecule has 0 fully saturated rings. The van der Waals surface area contributed by atoms with Crippen molar-refractivity contribution in [2.75, 3.05) is 0 Å². The van der Waals surface area contributed by atoms with Gasteiger partial charge in [0.1, 0.15) is 22.3 Å². The molecule has 0 saturated heterocycles. The minimum Gasteiger partial charge on any atom is -0.456 e. The van der Waals surface area contributed by atoms with Gasteiger partial charge in [-0.1, -0.05) is 255 Å². The fourth-order valence-electron chi connectivity index (χ4n) is 17.8. The molecule has 0 aliphatic heterocycles. The molecule has 2 heteroatoms. The molecule has 442 valence electrons. The molecule has 2 nitrogen and oxygen atoms in total. The Kier molecular flexibility index (Phi) is 10.7. The van der Waals surface area contributed by atoms with E-state index in [-0.39, 0.29) is 0 Å². The molecule has 0 spiro atoms. The highest BCUT2D eigenvalue weighted by Gasteiger charge is 2.29. The van der Waals surface area contributed by atoms with E-state index in [1.165, 1.54) is 191 Å². The van der Waals surface area contributed by atoms with E-state index >= 15 is 0 Å². The number of hydrogen-bond donors (Lipinski definition) is 0. The minimum atomic E-state index is 0.871. The van der Waals surface area contributed by atoms with Crippen LogP contribution in [0.3, 0.4) is 0 Å². The zero-order chi connectivity index (χ0) is 62.4. The molecule has 0 unspecified atom stereocenters. The number of allylic oxidation sites excluding steroid dienone is 3. The molecule has 0 saturated carbocycles. The Labute approximate surface area is 551 Å². The van der Waals surface area contributed by atoms with Gasteiger partial charge >= 0.3 is 0 Å². The van der Waals surface area contributed by atoms with Crippen LogP contribution in [0.15, 0.2) is 312 Å². The lowest BCUT2D eigenvalue weighted by molar-refractivity contribution is 0.668. The fourth-order valence-corrected chi connectivity index (χ4v) is 17.8. The van der Waals surface area contributed by atoms with E-state index in [0.717, 1.165) is 51.3 Å². The second-order valence-corrected chi connectivity index (χ2v) is 26.6. The number of hydrogen-bond acceptors (Lipinski definition) is 2. The van der Waals surface area contributed by atoms with Gasteiger partial charge in [0.25, 0.3) is 0 Å². The summed E-state index contributed by atoms with van der Waals surface area (Å²) < 4.78 is 13.3. The molecule has 0 radical (unpaired) electrons. The molecule has 2 aromatic heterocycles. The molecule has 20 aromatic rings. The standard InChI is InChI=1S/C94H54O2/c1-2-17-66-64(15-1)65-16-3-4-18-67(65)82-51-60(36-42-68(66)82)89-71-21-7-5-19-69(71)87(70-20-6-8-22-72(70)89)58-35-41-63-56(50-58)38-48-85-94(63)81-46-33-57(52-86(81)96-85)61-39-29-53-31-44-78-79(45-32-54-30-43-77(61)90(53)91(54)78)92-75-25-11-9-23-73(75)88(74-24-10-12-26-76(74)92)59-34-40-62-55(49-59)37-47-84-93(62)80-27-13-14-28-83(80)95-84/h1-28,30-43,45-52H,29,44H2. The normalized spacial score (nSPS) is 13.2. The lowest BCUT2D eigenvalue weighted by atomic mass is 9.75. The van der Waals surface area contributed by atoms with E-state index in [1.54, 1.807) is 0 Å². The summed E-state index contributed by atoms with van der Waals surface area (Å²) in [6.45, 7) is 0. The Morgan fingerprint density at radius 1 is 0.208 bits per heavy atom. The lowest BCUT2D eigenvalue weighted by Crippen LogP contribution is -2.08. The van der Waals surface area contributed by atoms with Crippen LogP contribution in [0, 0.1) is 0 Å². The van der Waals surface area contributed by atoms with Gasteiger partial charge < -0.3 is 8.83 Å². The predicted octanol–water partition coefficient (Wildman–Crippen LogP) is 26.5. The summed E-state index contributed by atoms with van der Waals surface area (Å²) in [4.78, 5) is 0. The molecule has 22 rings (SSSR count). The highest BCUT2D eigenvalue weighted by atomic mass is 16.3. The quantitative estimate of drug-likeness (QED) is 0.127. The van der Waals surface area contributed by atoms with Gasteiger partial charge in [-0.2, -0.15) is 0 Å². The first-order valence-corrected chi connectivity index (χ1v) is 33.6. The SMILES string of the molecule is C1=C(c2ccc3c(c2)oc2ccc4cc(-c5c6ccccc6c(-c6ccc7c8ccccc8c8ccccc8c7c6)c6ccccc56)ccc4c23)c2ccc3ccc(-c4c5ccccc5c(-c5ccc6c(ccc7oc8ccccc8c76)c5)c5ccccc45)c4c3c2C(=CC4)C1. The van der Waals surface area contributed by atoms with Crippen LogP contribution in [0.5, 0.6) is 0 Å². The van der Waals surface area contributed by atoms with E-state index in [0.29, 0.717) is 0 Å². The first-order chi connectivity index (χ1) is 47.6. The van der Waals surface area contributed by atoms with Gasteiger partial charge in [0.05, 0.1) is 0 Å². The fraction of sp³-hybridized carbons (Fsp3) is 0.0213. The van der Waals surface area contributed by atoms with Crippen molar-refractivity contribution in [3.8, 4) is 44.5 Å². The van der Waals surface area contributed by atoms with Crippen molar-refractivity contribution >= 4 is 163 Å². The van der Waals surface area contributed by atoms with Crippen LogP contribution in [0.25, 0.3) is 207 Å². The molecular formula is C94H54O2. The van der Waals surface area contributed by atoms with Crippen molar-refractivity contribution in [3.05, 3.63) is 326 Å². The highest BCUT2D eigenvalue weighted by Crippen LogP contribution is 2.53. The molecule has 2 aliphatic carbocycles. The molecule has 2 aliphatic rings. The van der Waals surface area contributed by atoms with Crippen molar-refractivity contribution in [3.63, 3.8) is 0 Å². The second-order valence-electron chi connectivity index (χ2n) is 26.6. The Balaban J connectivity index is 0.645. The minimum absolute atomic E-state index is 0.871. The third-order valence-electron chi connectivity index (χ3n) is 21.8. The summed E-state index contributed by atoms with van der Waals surface area (Å²) >= 11 is 0. The summed E-state index contributed by atoms with van der Waals surface area (Å²) in [5, 5.41) is 29.7. The third-order valence-corrected chi connectivity index (χ3v) is 21.8. The number of para-hydroxylation sites is 1. The number of benzene rings is 18. The molecule has 0 N–H and O–H groups in total. The largest absolute Gasteiger partial charge is 0.456 e. The van der Waals surface area contributed by atoms with Gasteiger partial charge in [0, 0.05) is 21.5 Å². The number of rotatable bonds is 5. The maximum absolute atomic E-state index is 6.93. The molecule has 18 aromatic carbocycles. The molecule has 0 atom stereocenters. The summed E-state index contributed by atoms with van der Waals surface area (Å²) in [5.41, 5.74) is 21.5. The average molecular weight is 1220 g/mol. The van der Waals surface area contributed by atoms with E-state index < -0.39 is 0 Å². The second kappa shape index (κ2) is 19.6. The number of fused-ring (bicyclic) bond motifs is 20. The van der Waals surface area contributed by atoms with Crippen molar-refractivity contribution in [1.82, 2.24) is 0 Å². The first kappa shape index (κ1) is 52.2. The zero-order valence-electron chi connectivity index (χ0n) is 52.1. The number of furan rings is 2. The maximum atomic E-state index is 6.93. The van der Waals surface area contributed by atoms with Crippen LogP contribution >= 0.6 is 0 Å². The Hall–Kier alpha value is -12.4. The molecule has 0 bridgehead atoms. The van der Waals surface area contributed by atoms with Gasteiger partial charge in [0.15, 0.2) is 0 Å². The molecule has 0 amide bonds. The van der Waals surface area contributed by atoms with Crippen LogP contribution in [0.1, 0.15) is 28.7 Å². The van der Waals surface area contributed by atoms with E-state index in [1.807, 2.05) is 6.07 Å². The lowest BCUT2D eigenvalue weighted by Gasteiger charge is -2.28. The van der Waals surface area contributed by atoms with Crippen LogP contribution in [0.4, 0.5) is 0 Å². The van der Waals surface area contributed by atoms with Crippen molar-refractivity contribution < 1.29 is 8.83 Å². The average Bonchev–Trinajstić information content (AvgIpc) is 0.884. The van der Waals surface area contributed by atoms with Crippen LogP contribution < -0.4 is 0 Å². The van der Waals surface area contributed by atoms with Crippen LogP contribution in [-0.2, 0) is 6.42 Å². The zero-order valence-corrected chi connectivity index (χ0v) is 52.1. The Morgan fingerprint density at radius 2 is 0.604 bits per heavy atom. The van der Waals surface area contributed by atoms with E-state index in [2.05, 4.69) is 297 Å². The van der Waals surface area contributed by atoms with Gasteiger partial charge in [-0.05, 0) is 247 Å². The van der Waals surface area contributed by atoms with Gasteiger partial charge in [0.2, 0.25) is 0 Å². The van der Waals surface area contributed by atoms with E-state index in [4.69, 9.17) is 8.83 Å². The van der Waals surface area contributed by atoms with Gasteiger partial charge in [-0.3, -0.25) is 0 Å². The molecular weight excluding hydrogens is 1160 g/mol. The van der Waals surface area contributed by atoms with E-state index in [9.17, 15) is 0 Å². The Morgan fingerprint density at radius 3 is 1.15 bits per heavy atom. The van der Waals surface area contributed by atoms with Crippen molar-refractivity contribution in [2.45, 2.75) is 12.8 Å². The van der Waals surface area contributed by atoms with Crippen molar-refractivity contribution in [2.24, 2.45) is 0 Å². The van der Waals surface area contributed by atoms with Crippen LogP contribution in [0.2, 0.25) is 0 Å². The monoisotopic (exact) mass is 1210 g/mol. The van der Waals surface area contributed by atoms with Crippen molar-refractivity contribution in [1.29, 1.82) is 0 Å². The van der Waals surface area contributed by atoms with Gasteiger partial charge in [-0.15, -0.1) is 0 Å². The Bertz CT molecular complexity index is 6850. The summed E-state index contributed by atoms with van der Waals surface area (Å²) in [6, 6.07) is 109. The maximum Gasteiger partial charge on any atom is 0.136 e. The summed E-state index contributed by atoms with van der Waals surface area (Å²) in [6.07, 6.45) is 6.71. The van der Waals surface area contributed by atoms with Crippen LogP contribution in [-0.4, -0.2) is 0 Å². The highest BCUT2D eigenvalue weighted by molar-refractivity contribution is 6.29. The molecule has 96 heavy (non-hydrogen) atoms. The third kappa shape index (κ3) is 7.25. The molecule has 2 heterocycles. The first-order valence-electron chi connectivity index (χ1n) is 33.6. The topological polar surface area (TPSA) is 26.3 Å². The van der Waals surface area contributed by atoms with Gasteiger partial charge in [-0.25, -0.2) is 0 Å². The summed E-state index contributed by atoms with van der Waals surface area (Å²) in [7, 11) is 0. The smallest absolute Gasteiger partial charge is 0.136 e.